The van der Waals surface area contributed by atoms with E-state index in [2.05, 4.69) is 0 Å². The number of nitrogens with zero attached hydrogens (tertiary/aromatic N) is 1. The number of para-hydroxylation sites is 2. The molecule has 0 fully saturated rings. The molecule has 0 saturated carbocycles. The van der Waals surface area contributed by atoms with Gasteiger partial charge in [-0.05, 0) is 31.5 Å². The van der Waals surface area contributed by atoms with Crippen LogP contribution in [0, 0.1) is 0 Å². The average Bonchev–Trinajstić information content (AvgIpc) is 3.16. The van der Waals surface area contributed by atoms with Crippen LogP contribution in [0.1, 0.15) is 25.0 Å². The maximum Gasteiger partial charge on any atom is 0.265 e. The van der Waals surface area contributed by atoms with E-state index in [-0.39, 0.29) is 18.1 Å². The van der Waals surface area contributed by atoms with Crippen molar-refractivity contribution in [3.63, 3.8) is 0 Å². The number of carbonyl (C=O) groups is 2. The smallest absolute Gasteiger partial charge is 0.265 e. The molecule has 4 rings (SSSR count). The maximum atomic E-state index is 12.9. The minimum Gasteiger partial charge on any atom is -0.483 e. The number of primary amides is 1. The zero-order valence-corrected chi connectivity index (χ0v) is 15.4. The molecule has 2 amide bonds. The van der Waals surface area contributed by atoms with Crippen molar-refractivity contribution in [2.45, 2.75) is 38.3 Å². The number of rotatable bonds is 4. The van der Waals surface area contributed by atoms with E-state index in [1.165, 1.54) is 4.90 Å². The third-order valence-corrected chi connectivity index (χ3v) is 4.98. The number of benzene rings is 2. The molecular formula is C21H22N2O4. The zero-order chi connectivity index (χ0) is 19.2. The summed E-state index contributed by atoms with van der Waals surface area (Å²) in [6.07, 6.45) is 1.21. The van der Waals surface area contributed by atoms with Gasteiger partial charge in [0.05, 0.1) is 0 Å². The number of fused-ring (bicyclic) bond motifs is 2. The molecule has 0 aromatic heterocycles. The highest BCUT2D eigenvalue weighted by atomic mass is 16.5. The summed E-state index contributed by atoms with van der Waals surface area (Å²) in [5.74, 6) is 0.391. The summed E-state index contributed by atoms with van der Waals surface area (Å²) in [7, 11) is 0. The van der Waals surface area contributed by atoms with Crippen molar-refractivity contribution in [3.8, 4) is 11.5 Å². The lowest BCUT2D eigenvalue weighted by molar-refractivity contribution is -0.125. The molecule has 2 aliphatic heterocycles. The normalized spacial score (nSPS) is 19.2. The summed E-state index contributed by atoms with van der Waals surface area (Å²) >= 11 is 0. The molecule has 2 aromatic carbocycles. The second kappa shape index (κ2) is 6.30. The van der Waals surface area contributed by atoms with E-state index in [9.17, 15) is 9.59 Å². The first kappa shape index (κ1) is 17.4. The van der Waals surface area contributed by atoms with Crippen molar-refractivity contribution in [3.05, 3.63) is 53.6 Å². The number of hydrogen-bond acceptors (Lipinski definition) is 4. The van der Waals surface area contributed by atoms with Gasteiger partial charge in [-0.1, -0.05) is 30.3 Å². The van der Waals surface area contributed by atoms with Crippen LogP contribution in [0.15, 0.2) is 42.5 Å². The van der Waals surface area contributed by atoms with Crippen LogP contribution in [0.25, 0.3) is 0 Å². The lowest BCUT2D eigenvalue weighted by Gasteiger charge is -2.23. The first-order chi connectivity index (χ1) is 12.9. The Bertz CT molecular complexity index is 922. The fourth-order valence-electron chi connectivity index (χ4n) is 3.83. The Kier molecular flexibility index (Phi) is 4.06. The molecule has 0 spiro atoms. The molecule has 0 unspecified atom stereocenters. The standard InChI is InChI=1S/C21H22N2O4/c1-21(2)11-14-7-5-9-17(19(14)27-21)26-12-18(24)23-15-8-4-3-6-13(15)10-16(23)20(22)25/h3-9,16H,10-12H2,1-2H3,(H2,22,25)/t16-/m1/s1. The van der Waals surface area contributed by atoms with Crippen molar-refractivity contribution in [1.29, 1.82) is 0 Å². The van der Waals surface area contributed by atoms with Gasteiger partial charge in [-0.25, -0.2) is 0 Å². The Morgan fingerprint density at radius 1 is 1.19 bits per heavy atom. The van der Waals surface area contributed by atoms with Crippen LogP contribution in [0.3, 0.4) is 0 Å². The van der Waals surface area contributed by atoms with Gasteiger partial charge < -0.3 is 15.2 Å². The number of amides is 2. The van der Waals surface area contributed by atoms with Crippen LogP contribution in [0.5, 0.6) is 11.5 Å². The molecule has 140 valence electrons. The Morgan fingerprint density at radius 2 is 1.93 bits per heavy atom. The van der Waals surface area contributed by atoms with Crippen molar-refractivity contribution < 1.29 is 19.1 Å². The van der Waals surface area contributed by atoms with Gasteiger partial charge in [-0.15, -0.1) is 0 Å². The predicted octanol–water partition coefficient (Wildman–Crippen LogP) is 2.22. The lowest BCUT2D eigenvalue weighted by atomic mass is 10.0. The summed E-state index contributed by atoms with van der Waals surface area (Å²) < 4.78 is 11.8. The lowest BCUT2D eigenvalue weighted by Crippen LogP contribution is -2.47. The minimum atomic E-state index is -0.685. The number of nitrogens with two attached hydrogens (primary N) is 1. The molecule has 2 N–H and O–H groups in total. The molecule has 27 heavy (non-hydrogen) atoms. The molecule has 2 heterocycles. The van der Waals surface area contributed by atoms with E-state index in [0.717, 1.165) is 17.5 Å². The molecule has 0 bridgehead atoms. The highest BCUT2D eigenvalue weighted by Gasteiger charge is 2.37. The topological polar surface area (TPSA) is 81.9 Å². The molecule has 0 aliphatic carbocycles. The van der Waals surface area contributed by atoms with Crippen LogP contribution >= 0.6 is 0 Å². The Hall–Kier alpha value is -3.02. The van der Waals surface area contributed by atoms with Crippen LogP contribution in [0.4, 0.5) is 5.69 Å². The van der Waals surface area contributed by atoms with E-state index in [4.69, 9.17) is 15.2 Å². The molecule has 6 nitrogen and oxygen atoms in total. The van der Waals surface area contributed by atoms with Crippen LogP contribution in [-0.2, 0) is 22.4 Å². The fraction of sp³-hybridized carbons (Fsp3) is 0.333. The summed E-state index contributed by atoms with van der Waals surface area (Å²) in [4.78, 5) is 26.2. The van der Waals surface area contributed by atoms with Gasteiger partial charge in [-0.3, -0.25) is 14.5 Å². The summed E-state index contributed by atoms with van der Waals surface area (Å²) in [5, 5.41) is 0. The monoisotopic (exact) mass is 366 g/mol. The molecule has 2 aromatic rings. The van der Waals surface area contributed by atoms with E-state index < -0.39 is 11.9 Å². The van der Waals surface area contributed by atoms with Crippen LogP contribution in [0.2, 0.25) is 0 Å². The van der Waals surface area contributed by atoms with Gasteiger partial charge in [0.2, 0.25) is 5.91 Å². The second-order valence-electron chi connectivity index (χ2n) is 7.59. The second-order valence-corrected chi connectivity index (χ2v) is 7.59. The molecule has 6 heteroatoms. The first-order valence-electron chi connectivity index (χ1n) is 8.99. The quantitative estimate of drug-likeness (QED) is 0.900. The third-order valence-electron chi connectivity index (χ3n) is 4.98. The zero-order valence-electron chi connectivity index (χ0n) is 15.4. The summed E-state index contributed by atoms with van der Waals surface area (Å²) in [6.45, 7) is 3.83. The van der Waals surface area contributed by atoms with Gasteiger partial charge in [0.15, 0.2) is 18.1 Å². The van der Waals surface area contributed by atoms with Crippen molar-refractivity contribution in [1.82, 2.24) is 0 Å². The van der Waals surface area contributed by atoms with Crippen molar-refractivity contribution in [2.24, 2.45) is 5.73 Å². The van der Waals surface area contributed by atoms with E-state index in [1.807, 2.05) is 50.2 Å². The van der Waals surface area contributed by atoms with E-state index in [0.29, 0.717) is 23.6 Å². The Balaban J connectivity index is 1.54. The largest absolute Gasteiger partial charge is 0.483 e. The number of hydrogen-bond donors (Lipinski definition) is 1. The highest BCUT2D eigenvalue weighted by Crippen LogP contribution is 2.42. The third kappa shape index (κ3) is 3.12. The van der Waals surface area contributed by atoms with Gasteiger partial charge in [0, 0.05) is 24.1 Å². The van der Waals surface area contributed by atoms with Crippen LogP contribution < -0.4 is 20.1 Å². The molecule has 2 aliphatic rings. The number of ether oxygens (including phenoxy) is 2. The first-order valence-corrected chi connectivity index (χ1v) is 8.99. The Morgan fingerprint density at radius 3 is 2.70 bits per heavy atom. The minimum absolute atomic E-state index is 0.196. The molecule has 0 saturated heterocycles. The molecule has 1 atom stereocenters. The number of carbonyl (C=O) groups excluding carboxylic acids is 2. The summed E-state index contributed by atoms with van der Waals surface area (Å²) in [6, 6.07) is 12.4. The van der Waals surface area contributed by atoms with Gasteiger partial charge in [0.1, 0.15) is 11.6 Å². The van der Waals surface area contributed by atoms with E-state index >= 15 is 0 Å². The van der Waals surface area contributed by atoms with Crippen LogP contribution in [-0.4, -0.2) is 30.1 Å². The predicted molar refractivity (Wildman–Crippen MR) is 101 cm³/mol. The summed E-state index contributed by atoms with van der Waals surface area (Å²) in [5.41, 5.74) is 7.93. The van der Waals surface area contributed by atoms with Crippen molar-refractivity contribution >= 4 is 17.5 Å². The molecular weight excluding hydrogens is 344 g/mol. The molecule has 0 radical (unpaired) electrons. The fourth-order valence-corrected chi connectivity index (χ4v) is 3.83. The van der Waals surface area contributed by atoms with Gasteiger partial charge in [-0.2, -0.15) is 0 Å². The highest BCUT2D eigenvalue weighted by molar-refractivity contribution is 6.03. The number of anilines is 1. The average molecular weight is 366 g/mol. The SMILES string of the molecule is CC1(C)Cc2cccc(OCC(=O)N3c4ccccc4C[C@@H]3C(N)=O)c2O1. The van der Waals surface area contributed by atoms with Crippen molar-refractivity contribution in [2.75, 3.05) is 11.5 Å². The Labute approximate surface area is 157 Å². The van der Waals surface area contributed by atoms with Gasteiger partial charge in [0.25, 0.3) is 5.91 Å². The van der Waals surface area contributed by atoms with E-state index in [1.54, 1.807) is 6.07 Å². The maximum absolute atomic E-state index is 12.9. The van der Waals surface area contributed by atoms with Gasteiger partial charge >= 0.3 is 0 Å².